The highest BCUT2D eigenvalue weighted by atomic mass is 35.5. The van der Waals surface area contributed by atoms with Gasteiger partial charge in [0.15, 0.2) is 0 Å². The molecule has 0 aliphatic carbocycles. The van der Waals surface area contributed by atoms with Crippen LogP contribution < -0.4 is 10.5 Å². The lowest BCUT2D eigenvalue weighted by atomic mass is 10.1. The molecule has 1 amide bonds. The number of hydrogen-bond donors (Lipinski definition) is 2. The number of carbonyl (C=O) groups excluding carboxylic acids is 1. The molecule has 0 aliphatic heterocycles. The summed E-state index contributed by atoms with van der Waals surface area (Å²) in [6, 6.07) is 16.5. The van der Waals surface area contributed by atoms with Gasteiger partial charge in [0.05, 0.1) is 15.5 Å². The van der Waals surface area contributed by atoms with Crippen LogP contribution >= 0.6 is 11.6 Å². The molecule has 0 atom stereocenters. The first-order valence-corrected chi connectivity index (χ1v) is 11.3. The van der Waals surface area contributed by atoms with Gasteiger partial charge >= 0.3 is 0 Å². The first kappa shape index (κ1) is 23.0. The second-order valence-electron chi connectivity index (χ2n) is 6.88. The molecule has 3 aromatic carbocycles. The molecule has 0 aliphatic rings. The third-order valence-electron chi connectivity index (χ3n) is 4.69. The summed E-state index contributed by atoms with van der Waals surface area (Å²) in [5.74, 6) is -0.902. The third-order valence-corrected chi connectivity index (χ3v) is 5.98. The summed E-state index contributed by atoms with van der Waals surface area (Å²) < 4.78 is 24.7. The Bertz CT molecular complexity index is 1520. The van der Waals surface area contributed by atoms with Crippen molar-refractivity contribution in [2.24, 2.45) is 5.14 Å². The Kier molecular flexibility index (Phi) is 6.06. The van der Waals surface area contributed by atoms with Crippen molar-refractivity contribution in [1.82, 2.24) is 20.2 Å². The van der Waals surface area contributed by atoms with E-state index in [-0.39, 0.29) is 27.1 Å². The largest absolute Gasteiger partial charge is 0.319 e. The van der Waals surface area contributed by atoms with Crippen LogP contribution in [0.25, 0.3) is 16.8 Å². The van der Waals surface area contributed by atoms with E-state index in [2.05, 4.69) is 20.8 Å². The van der Waals surface area contributed by atoms with Gasteiger partial charge in [-0.3, -0.25) is 14.9 Å². The average molecular weight is 500 g/mol. The lowest BCUT2D eigenvalue weighted by Crippen LogP contribution is -2.18. The highest BCUT2D eigenvalue weighted by molar-refractivity contribution is 7.89. The van der Waals surface area contributed by atoms with Crippen molar-refractivity contribution in [2.45, 2.75) is 4.90 Å². The number of tetrazole rings is 1. The topological polar surface area (TPSA) is 176 Å². The number of sulfonamides is 1. The fourth-order valence-electron chi connectivity index (χ4n) is 3.15. The maximum atomic E-state index is 12.8. The first-order chi connectivity index (χ1) is 16.1. The van der Waals surface area contributed by atoms with Gasteiger partial charge in [0.25, 0.3) is 11.6 Å². The molecule has 1 aromatic heterocycles. The molecule has 3 N–H and O–H groups in total. The standard InChI is InChI=1S/C20H14ClN7O5S/c21-16-10-9-14(11-17(16)28(30)31)27-19(24-25-26-27)20(29)23-13-7-5-12(6-8-13)15-3-1-2-4-18(15)34(22,32)33/h1-11H,(H,23,29)(H2,22,32,33). The zero-order chi connectivity index (χ0) is 24.5. The Morgan fingerprint density at radius 3 is 2.47 bits per heavy atom. The van der Waals surface area contributed by atoms with Crippen LogP contribution in [-0.2, 0) is 10.0 Å². The molecular weight excluding hydrogens is 486 g/mol. The molecule has 0 saturated carbocycles. The van der Waals surface area contributed by atoms with Crippen molar-refractivity contribution in [1.29, 1.82) is 0 Å². The minimum atomic E-state index is -3.93. The van der Waals surface area contributed by atoms with Crippen LogP contribution in [0.3, 0.4) is 0 Å². The lowest BCUT2D eigenvalue weighted by molar-refractivity contribution is -0.384. The van der Waals surface area contributed by atoms with Gasteiger partial charge in [-0.15, -0.1) is 5.10 Å². The molecule has 34 heavy (non-hydrogen) atoms. The molecule has 4 aromatic rings. The molecule has 0 spiro atoms. The highest BCUT2D eigenvalue weighted by Gasteiger charge is 2.21. The van der Waals surface area contributed by atoms with E-state index in [1.54, 1.807) is 42.5 Å². The van der Waals surface area contributed by atoms with E-state index < -0.39 is 20.9 Å². The van der Waals surface area contributed by atoms with Crippen molar-refractivity contribution in [3.05, 3.63) is 87.7 Å². The Labute approximate surface area is 197 Å². The highest BCUT2D eigenvalue weighted by Crippen LogP contribution is 2.28. The molecule has 12 nitrogen and oxygen atoms in total. The van der Waals surface area contributed by atoms with Crippen molar-refractivity contribution < 1.29 is 18.1 Å². The number of halogens is 1. The molecular formula is C20H14ClN7O5S. The van der Waals surface area contributed by atoms with Gasteiger partial charge in [0.2, 0.25) is 15.8 Å². The van der Waals surface area contributed by atoms with Crippen molar-refractivity contribution in [3.63, 3.8) is 0 Å². The third kappa shape index (κ3) is 4.61. The fraction of sp³-hybridized carbons (Fsp3) is 0. The van der Waals surface area contributed by atoms with E-state index >= 15 is 0 Å². The predicted molar refractivity (Wildman–Crippen MR) is 122 cm³/mol. The van der Waals surface area contributed by atoms with Gasteiger partial charge in [-0.1, -0.05) is 41.9 Å². The number of aromatic nitrogens is 4. The van der Waals surface area contributed by atoms with Crippen molar-refractivity contribution in [2.75, 3.05) is 5.32 Å². The molecule has 0 unspecified atom stereocenters. The Balaban J connectivity index is 1.59. The number of nitro groups is 1. The summed E-state index contributed by atoms with van der Waals surface area (Å²) in [4.78, 5) is 23.2. The van der Waals surface area contributed by atoms with Crippen LogP contribution in [0.5, 0.6) is 0 Å². The van der Waals surface area contributed by atoms with Crippen LogP contribution in [0.1, 0.15) is 10.6 Å². The molecule has 0 bridgehead atoms. The molecule has 4 rings (SSSR count). The number of benzene rings is 3. The van der Waals surface area contributed by atoms with Crippen LogP contribution in [0, 0.1) is 10.1 Å². The number of nitro benzene ring substituents is 1. The van der Waals surface area contributed by atoms with Gasteiger partial charge < -0.3 is 5.32 Å². The van der Waals surface area contributed by atoms with Crippen molar-refractivity contribution in [3.8, 4) is 16.8 Å². The molecule has 14 heteroatoms. The number of rotatable bonds is 6. The number of nitrogens with two attached hydrogens (primary N) is 1. The number of nitrogens with zero attached hydrogens (tertiary/aromatic N) is 5. The summed E-state index contributed by atoms with van der Waals surface area (Å²) in [6.07, 6.45) is 0. The Morgan fingerprint density at radius 1 is 1.09 bits per heavy atom. The molecule has 1 heterocycles. The van der Waals surface area contributed by atoms with Crippen LogP contribution in [-0.4, -0.2) is 39.5 Å². The maximum absolute atomic E-state index is 12.8. The SMILES string of the molecule is NS(=O)(=O)c1ccccc1-c1ccc(NC(=O)c2nnnn2-c2ccc(Cl)c([N+](=O)[O-])c2)cc1. The number of amides is 1. The Hall–Kier alpha value is -4.20. The second kappa shape index (κ2) is 8.97. The maximum Gasteiger partial charge on any atom is 0.295 e. The molecule has 0 fully saturated rings. The monoisotopic (exact) mass is 499 g/mol. The van der Waals surface area contributed by atoms with E-state index in [1.165, 1.54) is 18.2 Å². The minimum Gasteiger partial charge on any atom is -0.319 e. The van der Waals surface area contributed by atoms with E-state index in [4.69, 9.17) is 16.7 Å². The minimum absolute atomic E-state index is 0.0250. The van der Waals surface area contributed by atoms with Crippen LogP contribution in [0.15, 0.2) is 71.6 Å². The molecule has 0 saturated heterocycles. The lowest BCUT2D eigenvalue weighted by Gasteiger charge is -2.10. The van der Waals surface area contributed by atoms with Gasteiger partial charge in [-0.2, -0.15) is 4.68 Å². The zero-order valence-electron chi connectivity index (χ0n) is 17.0. The van der Waals surface area contributed by atoms with Gasteiger partial charge in [0.1, 0.15) is 5.02 Å². The van der Waals surface area contributed by atoms with E-state index in [1.807, 2.05) is 0 Å². The number of hydrogen-bond acceptors (Lipinski definition) is 8. The summed E-state index contributed by atoms with van der Waals surface area (Å²) in [6.45, 7) is 0. The van der Waals surface area contributed by atoms with E-state index in [9.17, 15) is 23.3 Å². The second-order valence-corrected chi connectivity index (χ2v) is 8.82. The molecule has 0 radical (unpaired) electrons. The smallest absolute Gasteiger partial charge is 0.295 e. The van der Waals surface area contributed by atoms with Gasteiger partial charge in [-0.05, 0) is 46.3 Å². The summed E-state index contributed by atoms with van der Waals surface area (Å²) >= 11 is 5.83. The zero-order valence-corrected chi connectivity index (χ0v) is 18.6. The number of carbonyl (C=O) groups is 1. The van der Waals surface area contributed by atoms with Crippen molar-refractivity contribution >= 4 is 38.9 Å². The fourth-order valence-corrected chi connectivity index (χ4v) is 4.10. The Morgan fingerprint density at radius 2 is 1.79 bits per heavy atom. The van der Waals surface area contributed by atoms with E-state index in [0.29, 0.717) is 16.8 Å². The summed E-state index contributed by atoms with van der Waals surface area (Å²) in [7, 11) is -3.93. The normalized spacial score (nSPS) is 11.2. The number of nitrogens with one attached hydrogen (secondary N) is 1. The quantitative estimate of drug-likeness (QED) is 0.300. The van der Waals surface area contributed by atoms with Crippen LogP contribution in [0.2, 0.25) is 5.02 Å². The average Bonchev–Trinajstić information content (AvgIpc) is 3.29. The van der Waals surface area contributed by atoms with E-state index in [0.717, 1.165) is 10.7 Å². The first-order valence-electron chi connectivity index (χ1n) is 9.41. The van der Waals surface area contributed by atoms with Gasteiger partial charge in [-0.25, -0.2) is 13.6 Å². The van der Waals surface area contributed by atoms with Gasteiger partial charge in [0, 0.05) is 17.3 Å². The van der Waals surface area contributed by atoms with Crippen LogP contribution in [0.4, 0.5) is 11.4 Å². The number of anilines is 1. The summed E-state index contributed by atoms with van der Waals surface area (Å²) in [5, 5.41) is 29.9. The molecule has 172 valence electrons. The predicted octanol–water partition coefficient (Wildman–Crippen LogP) is 2.79. The summed E-state index contributed by atoms with van der Waals surface area (Å²) in [5.41, 5.74) is 1.16. The number of primary sulfonamides is 1.